The van der Waals surface area contributed by atoms with Gasteiger partial charge in [-0.15, -0.1) is 0 Å². The van der Waals surface area contributed by atoms with E-state index in [0.29, 0.717) is 13.0 Å². The topological polar surface area (TPSA) is 132 Å². The molecule has 3 unspecified atom stereocenters. The molecule has 4 rings (SSSR count). The first-order valence-corrected chi connectivity index (χ1v) is 13.1. The molecule has 0 aliphatic carbocycles. The summed E-state index contributed by atoms with van der Waals surface area (Å²) in [4.78, 5) is 25.4. The molecule has 3 atom stereocenters. The minimum atomic E-state index is -2.88. The van der Waals surface area contributed by atoms with Crippen LogP contribution in [0.15, 0.2) is 39.8 Å². The lowest BCUT2D eigenvalue weighted by atomic mass is 9.96. The normalized spacial score (nSPS) is 27.9. The number of pyridine rings is 2. The number of rotatable bonds is 6. The number of alkyl halides is 2. The van der Waals surface area contributed by atoms with E-state index < -0.39 is 44.8 Å². The number of aromatic nitrogens is 2. The van der Waals surface area contributed by atoms with Crippen LogP contribution in [0.3, 0.4) is 0 Å². The minimum absolute atomic E-state index is 0.0207. The summed E-state index contributed by atoms with van der Waals surface area (Å²) < 4.78 is 62.0. The Bertz CT molecular complexity index is 1310. The van der Waals surface area contributed by atoms with Crippen molar-refractivity contribution >= 4 is 27.3 Å². The predicted octanol–water partition coefficient (Wildman–Crippen LogP) is 3.51. The second kappa shape index (κ2) is 9.68. The lowest BCUT2D eigenvalue weighted by molar-refractivity contribution is 0.0816. The van der Waals surface area contributed by atoms with Gasteiger partial charge in [-0.1, -0.05) is 0 Å². The number of carbonyl (C=O) groups excluding carboxylic acids is 1. The van der Waals surface area contributed by atoms with Crippen molar-refractivity contribution in [3.8, 4) is 5.75 Å². The molecule has 0 spiro atoms. The van der Waals surface area contributed by atoms with Gasteiger partial charge in [-0.3, -0.25) is 9.79 Å². The SMILES string of the molecule is CC1(c2nc(NC(=O)c3ccc(OCC(F)F)cn3)ccc2F)CS2(=O)=NCCCCC2(C)C(N)=N1. The van der Waals surface area contributed by atoms with E-state index in [9.17, 15) is 22.2 Å². The Hall–Kier alpha value is -3.22. The zero-order chi connectivity index (χ0) is 26.1. The molecule has 36 heavy (non-hydrogen) atoms. The zero-order valence-electron chi connectivity index (χ0n) is 19.8. The fraction of sp³-hybridized carbons (Fsp3) is 0.478. The highest BCUT2D eigenvalue weighted by atomic mass is 32.2. The van der Waals surface area contributed by atoms with Crippen molar-refractivity contribution in [3.05, 3.63) is 47.7 Å². The standard InChI is InChI=1S/C23H27F3N6O3S/c1-22(13-36(34)23(2,21(27)32-22)9-3-4-10-29-36)19-15(24)6-8-18(30-19)31-20(33)16-7-5-14(11-28-16)35-12-17(25)26/h5-8,11,17H,3-4,9-10,12-13H2,1-2H3,(H2,27,32)(H,30,31,33). The van der Waals surface area contributed by atoms with Crippen LogP contribution in [0.1, 0.15) is 49.3 Å². The molecule has 0 aromatic carbocycles. The maximum Gasteiger partial charge on any atom is 0.275 e. The van der Waals surface area contributed by atoms with Gasteiger partial charge in [0.05, 0.1) is 21.7 Å². The van der Waals surface area contributed by atoms with Gasteiger partial charge in [0.25, 0.3) is 12.3 Å². The van der Waals surface area contributed by atoms with Crippen molar-refractivity contribution in [3.63, 3.8) is 0 Å². The van der Waals surface area contributed by atoms with E-state index in [1.165, 1.54) is 18.2 Å². The average Bonchev–Trinajstić information content (AvgIpc) is 2.97. The Labute approximate surface area is 206 Å². The molecule has 2 aliphatic heterocycles. The van der Waals surface area contributed by atoms with Gasteiger partial charge in [0.1, 0.15) is 51.5 Å². The molecule has 2 aromatic heterocycles. The second-order valence-electron chi connectivity index (χ2n) is 9.16. The lowest BCUT2D eigenvalue weighted by Crippen LogP contribution is -2.56. The molecule has 0 radical (unpaired) electrons. The van der Waals surface area contributed by atoms with Gasteiger partial charge in [-0.05, 0) is 57.4 Å². The first kappa shape index (κ1) is 25.9. The van der Waals surface area contributed by atoms with Crippen LogP contribution in [-0.4, -0.2) is 56.0 Å². The molecule has 2 aromatic rings. The van der Waals surface area contributed by atoms with Crippen LogP contribution in [0, 0.1) is 5.82 Å². The van der Waals surface area contributed by atoms with E-state index in [-0.39, 0.29) is 34.5 Å². The number of ether oxygens (including phenoxy) is 1. The molecule has 0 saturated heterocycles. The number of nitrogens with zero attached hydrogens (tertiary/aromatic N) is 4. The summed E-state index contributed by atoms with van der Waals surface area (Å²) in [6, 6.07) is 5.04. The van der Waals surface area contributed by atoms with Gasteiger partial charge in [-0.2, -0.15) is 0 Å². The van der Waals surface area contributed by atoms with Crippen LogP contribution in [0.25, 0.3) is 0 Å². The largest absolute Gasteiger partial charge is 0.486 e. The molecule has 0 bridgehead atoms. The van der Waals surface area contributed by atoms with Gasteiger partial charge < -0.3 is 15.8 Å². The van der Waals surface area contributed by atoms with Gasteiger partial charge in [0.15, 0.2) is 0 Å². The third-order valence-corrected chi connectivity index (χ3v) is 9.77. The summed E-state index contributed by atoms with van der Waals surface area (Å²) in [5, 5.41) is 2.53. The number of carbonyl (C=O) groups is 1. The summed E-state index contributed by atoms with van der Waals surface area (Å²) in [5.74, 6) is -1.14. The molecule has 1 amide bonds. The number of anilines is 1. The number of halogens is 3. The van der Waals surface area contributed by atoms with Crippen LogP contribution < -0.4 is 15.8 Å². The third kappa shape index (κ3) is 4.88. The molecule has 13 heteroatoms. The molecule has 194 valence electrons. The van der Waals surface area contributed by atoms with E-state index in [4.69, 9.17) is 10.5 Å². The van der Waals surface area contributed by atoms with Gasteiger partial charge in [0.2, 0.25) is 0 Å². The maximum atomic E-state index is 15.0. The summed E-state index contributed by atoms with van der Waals surface area (Å²) >= 11 is 0. The Morgan fingerprint density at radius 3 is 2.72 bits per heavy atom. The van der Waals surface area contributed by atoms with Crippen LogP contribution in [0.4, 0.5) is 19.0 Å². The summed E-state index contributed by atoms with van der Waals surface area (Å²) in [5.41, 5.74) is 4.81. The van der Waals surface area contributed by atoms with Crippen molar-refractivity contribution in [2.75, 3.05) is 24.2 Å². The van der Waals surface area contributed by atoms with Crippen LogP contribution in [0.5, 0.6) is 5.75 Å². The molecular formula is C23H27F3N6O3S. The summed E-state index contributed by atoms with van der Waals surface area (Å²) in [6.45, 7) is 3.03. The minimum Gasteiger partial charge on any atom is -0.486 e. The van der Waals surface area contributed by atoms with Crippen LogP contribution >= 0.6 is 0 Å². The molecular weight excluding hydrogens is 497 g/mol. The third-order valence-electron chi connectivity index (χ3n) is 6.39. The van der Waals surface area contributed by atoms with E-state index in [0.717, 1.165) is 25.1 Å². The Morgan fingerprint density at radius 2 is 2.03 bits per heavy atom. The number of nitrogens with two attached hydrogens (primary N) is 1. The number of fused-ring (bicyclic) bond motifs is 1. The van der Waals surface area contributed by atoms with E-state index in [1.54, 1.807) is 13.8 Å². The van der Waals surface area contributed by atoms with Gasteiger partial charge >= 0.3 is 0 Å². The van der Waals surface area contributed by atoms with Crippen molar-refractivity contribution in [1.82, 2.24) is 9.97 Å². The monoisotopic (exact) mass is 524 g/mol. The Kier molecular flexibility index (Phi) is 6.95. The number of hydrogen-bond acceptors (Lipinski definition) is 8. The highest BCUT2D eigenvalue weighted by Crippen LogP contribution is 2.41. The molecule has 0 fully saturated rings. The lowest BCUT2D eigenvalue weighted by Gasteiger charge is -2.41. The Morgan fingerprint density at radius 1 is 1.25 bits per heavy atom. The maximum absolute atomic E-state index is 15.0. The average molecular weight is 525 g/mol. The number of aliphatic imine (C=N–C) groups is 1. The summed E-state index contributed by atoms with van der Waals surface area (Å²) in [6.07, 6.45) is 0.681. The van der Waals surface area contributed by atoms with Crippen molar-refractivity contribution in [2.45, 2.75) is 49.8 Å². The molecule has 3 N–H and O–H groups in total. The van der Waals surface area contributed by atoms with Crippen molar-refractivity contribution in [2.24, 2.45) is 15.1 Å². The predicted molar refractivity (Wildman–Crippen MR) is 129 cm³/mol. The van der Waals surface area contributed by atoms with E-state index in [1.807, 2.05) is 0 Å². The number of amidine groups is 1. The van der Waals surface area contributed by atoms with Gasteiger partial charge in [0, 0.05) is 6.54 Å². The number of amides is 1. The Balaban J connectivity index is 1.60. The molecule has 9 nitrogen and oxygen atoms in total. The van der Waals surface area contributed by atoms with E-state index >= 15 is 0 Å². The molecule has 0 saturated carbocycles. The molecule has 4 heterocycles. The van der Waals surface area contributed by atoms with Crippen LogP contribution in [0.2, 0.25) is 0 Å². The first-order valence-electron chi connectivity index (χ1n) is 11.4. The highest BCUT2D eigenvalue weighted by Gasteiger charge is 2.51. The smallest absolute Gasteiger partial charge is 0.275 e. The number of nitrogens with one attached hydrogen (secondary N) is 1. The highest BCUT2D eigenvalue weighted by molar-refractivity contribution is 7.95. The first-order chi connectivity index (χ1) is 17.0. The van der Waals surface area contributed by atoms with Gasteiger partial charge in [-0.25, -0.2) is 31.7 Å². The molecule has 2 aliphatic rings. The van der Waals surface area contributed by atoms with Crippen LogP contribution in [-0.2, 0) is 15.3 Å². The van der Waals surface area contributed by atoms with E-state index in [2.05, 4.69) is 24.6 Å². The fourth-order valence-corrected chi connectivity index (χ4v) is 7.25. The van der Waals surface area contributed by atoms with Crippen molar-refractivity contribution in [1.29, 1.82) is 0 Å². The van der Waals surface area contributed by atoms with Crippen molar-refractivity contribution < 1.29 is 26.9 Å². The zero-order valence-corrected chi connectivity index (χ0v) is 20.7. The summed E-state index contributed by atoms with van der Waals surface area (Å²) in [7, 11) is -2.88. The number of hydrogen-bond donors (Lipinski definition) is 2. The quantitative estimate of drug-likeness (QED) is 0.595. The second-order valence-corrected chi connectivity index (χ2v) is 11.9. The fourth-order valence-electron chi connectivity index (χ4n) is 4.33.